The smallest absolute Gasteiger partial charge is 0.249 e. The Morgan fingerprint density at radius 3 is 2.76 bits per heavy atom. The van der Waals surface area contributed by atoms with Crippen molar-refractivity contribution in [1.82, 2.24) is 15.0 Å². The highest BCUT2D eigenvalue weighted by Gasteiger charge is 2.38. The van der Waals surface area contributed by atoms with Gasteiger partial charge < -0.3 is 9.42 Å². The molecular weight excluding hydrogens is 345 g/mol. The van der Waals surface area contributed by atoms with Crippen LogP contribution in [-0.4, -0.2) is 33.4 Å². The molecule has 0 radical (unpaired) electrons. The van der Waals surface area contributed by atoms with E-state index in [4.69, 9.17) is 16.1 Å². The monoisotopic (exact) mass is 365 g/mol. The van der Waals surface area contributed by atoms with Crippen LogP contribution in [0, 0.1) is 11.2 Å². The Hall–Kier alpha value is -1.95. The number of amides is 1. The maximum absolute atomic E-state index is 13.1. The molecule has 0 unspecified atom stereocenters. The SMILES string of the molecule is CC(C)(CCl)C(=O)N1CCCC[C@@H]1c1nc(-c2ccc(F)cc2)no1. The van der Waals surface area contributed by atoms with Gasteiger partial charge in [0.05, 0.1) is 5.41 Å². The molecule has 0 spiro atoms. The number of rotatable bonds is 4. The topological polar surface area (TPSA) is 59.2 Å². The van der Waals surface area contributed by atoms with Gasteiger partial charge >= 0.3 is 0 Å². The Labute approximate surface area is 151 Å². The van der Waals surface area contributed by atoms with E-state index in [0.29, 0.717) is 23.8 Å². The molecule has 2 aromatic rings. The lowest BCUT2D eigenvalue weighted by Crippen LogP contribution is -2.46. The van der Waals surface area contributed by atoms with E-state index in [1.807, 2.05) is 13.8 Å². The van der Waals surface area contributed by atoms with E-state index < -0.39 is 5.41 Å². The largest absolute Gasteiger partial charge is 0.337 e. The second-order valence-electron chi connectivity index (χ2n) is 6.99. The van der Waals surface area contributed by atoms with Crippen LogP contribution in [0.3, 0.4) is 0 Å². The number of alkyl halides is 1. The summed E-state index contributed by atoms with van der Waals surface area (Å²) in [6.45, 7) is 4.33. The van der Waals surface area contributed by atoms with Gasteiger partial charge in [0.15, 0.2) is 0 Å². The highest BCUT2D eigenvalue weighted by atomic mass is 35.5. The summed E-state index contributed by atoms with van der Waals surface area (Å²) in [4.78, 5) is 19.1. The standard InChI is InChI=1S/C18H21ClFN3O2/c1-18(2,11-19)17(24)23-10-4-3-5-14(23)16-21-15(22-25-16)12-6-8-13(20)9-7-12/h6-9,14H,3-5,10-11H2,1-2H3/t14-/m1/s1. The zero-order chi connectivity index (χ0) is 18.0. The number of halogens is 2. The van der Waals surface area contributed by atoms with Crippen LogP contribution >= 0.6 is 11.6 Å². The van der Waals surface area contributed by atoms with Gasteiger partial charge in [-0.15, -0.1) is 11.6 Å². The predicted octanol–water partition coefficient (Wildman–Crippen LogP) is 4.19. The molecule has 1 aliphatic rings. The van der Waals surface area contributed by atoms with Gasteiger partial charge in [-0.2, -0.15) is 4.98 Å². The van der Waals surface area contributed by atoms with E-state index in [-0.39, 0.29) is 23.6 Å². The number of hydrogen-bond acceptors (Lipinski definition) is 4. The van der Waals surface area contributed by atoms with Crippen molar-refractivity contribution in [2.45, 2.75) is 39.2 Å². The first-order valence-electron chi connectivity index (χ1n) is 8.39. The lowest BCUT2D eigenvalue weighted by molar-refractivity contribution is -0.144. The Kier molecular flexibility index (Phi) is 5.08. The Bertz CT molecular complexity index is 745. The molecule has 1 aromatic carbocycles. The van der Waals surface area contributed by atoms with E-state index in [1.165, 1.54) is 12.1 Å². The summed E-state index contributed by atoms with van der Waals surface area (Å²) in [5, 5.41) is 3.99. The number of aromatic nitrogens is 2. The summed E-state index contributed by atoms with van der Waals surface area (Å²) >= 11 is 5.97. The van der Waals surface area contributed by atoms with Gasteiger partial charge in [0.2, 0.25) is 17.6 Å². The molecule has 134 valence electrons. The maximum Gasteiger partial charge on any atom is 0.249 e. The molecule has 1 aliphatic heterocycles. The van der Waals surface area contributed by atoms with Crippen LogP contribution in [0.15, 0.2) is 28.8 Å². The van der Waals surface area contributed by atoms with Crippen molar-refractivity contribution >= 4 is 17.5 Å². The van der Waals surface area contributed by atoms with Gasteiger partial charge in [0, 0.05) is 18.0 Å². The quantitative estimate of drug-likeness (QED) is 0.762. The molecule has 25 heavy (non-hydrogen) atoms. The summed E-state index contributed by atoms with van der Waals surface area (Å²) in [5.41, 5.74) is 0.0305. The van der Waals surface area contributed by atoms with Crippen molar-refractivity contribution < 1.29 is 13.7 Å². The van der Waals surface area contributed by atoms with E-state index in [0.717, 1.165) is 19.3 Å². The molecule has 1 aromatic heterocycles. The average Bonchev–Trinajstić information content (AvgIpc) is 3.11. The van der Waals surface area contributed by atoms with E-state index in [1.54, 1.807) is 17.0 Å². The molecule has 2 heterocycles. The predicted molar refractivity (Wildman–Crippen MR) is 92.5 cm³/mol. The minimum Gasteiger partial charge on any atom is -0.337 e. The van der Waals surface area contributed by atoms with Crippen molar-refractivity contribution in [3.05, 3.63) is 36.0 Å². The Morgan fingerprint density at radius 1 is 1.36 bits per heavy atom. The first kappa shape index (κ1) is 17.9. The first-order chi connectivity index (χ1) is 11.9. The highest BCUT2D eigenvalue weighted by molar-refractivity contribution is 6.19. The Morgan fingerprint density at radius 2 is 2.08 bits per heavy atom. The van der Waals surface area contributed by atoms with Crippen molar-refractivity contribution in [2.75, 3.05) is 12.4 Å². The number of hydrogen-bond donors (Lipinski definition) is 0. The molecule has 3 rings (SSSR count). The second-order valence-corrected chi connectivity index (χ2v) is 7.26. The van der Waals surface area contributed by atoms with Crippen molar-refractivity contribution in [3.8, 4) is 11.4 Å². The molecule has 0 N–H and O–H groups in total. The lowest BCUT2D eigenvalue weighted by atomic mass is 9.91. The molecule has 1 amide bonds. The van der Waals surface area contributed by atoms with Gasteiger partial charge in [-0.1, -0.05) is 5.16 Å². The molecule has 1 atom stereocenters. The zero-order valence-electron chi connectivity index (χ0n) is 14.3. The third kappa shape index (κ3) is 3.68. The summed E-state index contributed by atoms with van der Waals surface area (Å²) in [6, 6.07) is 5.66. The minimum atomic E-state index is -0.642. The summed E-state index contributed by atoms with van der Waals surface area (Å²) in [6.07, 6.45) is 2.71. The van der Waals surface area contributed by atoms with Crippen LogP contribution in [0.1, 0.15) is 45.0 Å². The third-order valence-electron chi connectivity index (χ3n) is 4.51. The highest BCUT2D eigenvalue weighted by Crippen LogP contribution is 2.34. The number of carbonyl (C=O) groups is 1. The normalized spacial score (nSPS) is 18.4. The molecule has 1 saturated heterocycles. The van der Waals surface area contributed by atoms with Crippen molar-refractivity contribution in [1.29, 1.82) is 0 Å². The minimum absolute atomic E-state index is 0.00580. The second kappa shape index (κ2) is 7.12. The first-order valence-corrected chi connectivity index (χ1v) is 8.92. The van der Waals surface area contributed by atoms with Crippen LogP contribution in [-0.2, 0) is 4.79 Å². The molecule has 0 aliphatic carbocycles. The third-order valence-corrected chi connectivity index (χ3v) is 5.17. The number of carbonyl (C=O) groups excluding carboxylic acids is 1. The molecule has 0 saturated carbocycles. The maximum atomic E-state index is 13.1. The van der Waals surface area contributed by atoms with E-state index in [9.17, 15) is 9.18 Å². The lowest BCUT2D eigenvalue weighted by Gasteiger charge is -2.38. The van der Waals surface area contributed by atoms with Gasteiger partial charge in [-0.25, -0.2) is 4.39 Å². The van der Waals surface area contributed by atoms with Crippen LogP contribution in [0.5, 0.6) is 0 Å². The van der Waals surface area contributed by atoms with Gasteiger partial charge in [0.1, 0.15) is 11.9 Å². The van der Waals surface area contributed by atoms with Crippen LogP contribution in [0.2, 0.25) is 0 Å². The molecular formula is C18H21ClFN3O2. The Balaban J connectivity index is 1.86. The van der Waals surface area contributed by atoms with E-state index >= 15 is 0 Å². The van der Waals surface area contributed by atoms with E-state index in [2.05, 4.69) is 10.1 Å². The fourth-order valence-corrected chi connectivity index (χ4v) is 3.08. The van der Waals surface area contributed by atoms with Crippen LogP contribution in [0.4, 0.5) is 4.39 Å². The molecule has 0 bridgehead atoms. The van der Waals surface area contributed by atoms with Crippen LogP contribution < -0.4 is 0 Å². The van der Waals surface area contributed by atoms with Crippen molar-refractivity contribution in [3.63, 3.8) is 0 Å². The summed E-state index contributed by atoms with van der Waals surface area (Å²) < 4.78 is 18.5. The van der Waals surface area contributed by atoms with Gasteiger partial charge in [-0.05, 0) is 57.4 Å². The number of nitrogens with zero attached hydrogens (tertiary/aromatic N) is 3. The molecule has 7 heteroatoms. The fourth-order valence-electron chi connectivity index (χ4n) is 2.96. The average molecular weight is 366 g/mol. The van der Waals surface area contributed by atoms with Gasteiger partial charge in [-0.3, -0.25) is 4.79 Å². The summed E-state index contributed by atoms with van der Waals surface area (Å²) in [7, 11) is 0. The molecule has 5 nitrogen and oxygen atoms in total. The summed E-state index contributed by atoms with van der Waals surface area (Å²) in [5.74, 6) is 0.732. The zero-order valence-corrected chi connectivity index (χ0v) is 15.1. The van der Waals surface area contributed by atoms with Gasteiger partial charge in [0.25, 0.3) is 0 Å². The van der Waals surface area contributed by atoms with Crippen molar-refractivity contribution in [2.24, 2.45) is 5.41 Å². The van der Waals surface area contributed by atoms with Crippen LogP contribution in [0.25, 0.3) is 11.4 Å². The number of benzene rings is 1. The molecule has 1 fully saturated rings. The fraction of sp³-hybridized carbons (Fsp3) is 0.500. The number of piperidine rings is 1. The number of likely N-dealkylation sites (tertiary alicyclic amines) is 1.